The van der Waals surface area contributed by atoms with Gasteiger partial charge in [-0.25, -0.2) is 0 Å². The minimum atomic E-state index is -0.00391. The van der Waals surface area contributed by atoms with Gasteiger partial charge in [-0.15, -0.1) is 0 Å². The quantitative estimate of drug-likeness (QED) is 0.850. The molecule has 2 aromatic rings. The number of benzene rings is 1. The van der Waals surface area contributed by atoms with Gasteiger partial charge in [-0.2, -0.15) is 0 Å². The molecule has 1 N–H and O–H groups in total. The van der Waals surface area contributed by atoms with E-state index >= 15 is 0 Å². The molecular weight excluding hydrogens is 210 g/mol. The third kappa shape index (κ3) is 1.64. The lowest BCUT2D eigenvalue weighted by Gasteiger charge is -2.04. The van der Waals surface area contributed by atoms with Crippen molar-refractivity contribution in [3.8, 4) is 0 Å². The van der Waals surface area contributed by atoms with Crippen molar-refractivity contribution in [2.45, 2.75) is 26.5 Å². The van der Waals surface area contributed by atoms with Gasteiger partial charge in [0, 0.05) is 23.0 Å². The summed E-state index contributed by atoms with van der Waals surface area (Å²) in [6.07, 6.45) is 1.03. The molecule has 3 heteroatoms. The van der Waals surface area contributed by atoms with Crippen LogP contribution in [0.25, 0.3) is 10.9 Å². The Morgan fingerprint density at radius 2 is 2.07 bits per heavy atom. The van der Waals surface area contributed by atoms with E-state index in [-0.39, 0.29) is 6.61 Å². The first kappa shape index (κ1) is 10.5. The van der Waals surface area contributed by atoms with Gasteiger partial charge in [-0.1, -0.05) is 36.7 Å². The molecule has 0 atom stereocenters. The highest BCUT2D eigenvalue weighted by atomic mass is 35.5. The maximum atomic E-state index is 9.30. The van der Waals surface area contributed by atoms with Crippen molar-refractivity contribution in [3.63, 3.8) is 0 Å². The number of para-hydroxylation sites is 1. The Labute approximate surface area is 94.1 Å². The lowest BCUT2D eigenvalue weighted by atomic mass is 10.2. The second-order valence-electron chi connectivity index (χ2n) is 3.60. The fourth-order valence-corrected chi connectivity index (χ4v) is 2.27. The highest BCUT2D eigenvalue weighted by Gasteiger charge is 2.13. The van der Waals surface area contributed by atoms with Gasteiger partial charge in [0.2, 0.25) is 0 Å². The Balaban J connectivity index is 2.72. The van der Waals surface area contributed by atoms with Gasteiger partial charge in [0.15, 0.2) is 0 Å². The molecule has 0 spiro atoms. The Bertz CT molecular complexity index is 476. The van der Waals surface area contributed by atoms with Crippen LogP contribution in [0.3, 0.4) is 0 Å². The summed E-state index contributed by atoms with van der Waals surface area (Å²) >= 11 is 6.23. The summed E-state index contributed by atoms with van der Waals surface area (Å²) in [6, 6.07) is 8.00. The molecular formula is C12H14ClNO. The molecule has 0 aliphatic rings. The molecule has 2 rings (SSSR count). The van der Waals surface area contributed by atoms with Gasteiger partial charge in [0.1, 0.15) is 5.15 Å². The van der Waals surface area contributed by atoms with Crippen LogP contribution in [0.5, 0.6) is 0 Å². The number of aliphatic hydroxyl groups is 1. The summed E-state index contributed by atoms with van der Waals surface area (Å²) in [7, 11) is 0. The molecule has 0 saturated carbocycles. The molecule has 0 aliphatic carbocycles. The summed E-state index contributed by atoms with van der Waals surface area (Å²) in [4.78, 5) is 0. The van der Waals surface area contributed by atoms with Crippen molar-refractivity contribution in [2.75, 3.05) is 0 Å². The van der Waals surface area contributed by atoms with Crippen molar-refractivity contribution in [3.05, 3.63) is 35.0 Å². The second-order valence-corrected chi connectivity index (χ2v) is 3.95. The molecule has 0 bridgehead atoms. The molecule has 1 aromatic heterocycles. The van der Waals surface area contributed by atoms with E-state index < -0.39 is 0 Å². The number of halogens is 1. The Morgan fingerprint density at radius 1 is 1.33 bits per heavy atom. The molecule has 1 heterocycles. The number of nitrogens with zero attached hydrogens (tertiary/aromatic N) is 1. The molecule has 2 nitrogen and oxygen atoms in total. The van der Waals surface area contributed by atoms with E-state index in [0.29, 0.717) is 5.15 Å². The highest BCUT2D eigenvalue weighted by Crippen LogP contribution is 2.30. The van der Waals surface area contributed by atoms with E-state index in [1.54, 1.807) is 0 Å². The number of rotatable bonds is 3. The first-order chi connectivity index (χ1) is 7.29. The van der Waals surface area contributed by atoms with Gasteiger partial charge in [0.05, 0.1) is 6.61 Å². The highest BCUT2D eigenvalue weighted by molar-refractivity contribution is 6.32. The minimum absolute atomic E-state index is 0.00391. The van der Waals surface area contributed by atoms with Crippen molar-refractivity contribution in [2.24, 2.45) is 0 Å². The third-order valence-electron chi connectivity index (χ3n) is 2.61. The van der Waals surface area contributed by atoms with E-state index in [0.717, 1.165) is 29.4 Å². The lowest BCUT2D eigenvalue weighted by molar-refractivity contribution is 0.283. The number of aromatic nitrogens is 1. The van der Waals surface area contributed by atoms with E-state index in [2.05, 4.69) is 11.5 Å². The average Bonchev–Trinajstić information content (AvgIpc) is 2.53. The average molecular weight is 224 g/mol. The van der Waals surface area contributed by atoms with Crippen LogP contribution in [-0.4, -0.2) is 9.67 Å². The van der Waals surface area contributed by atoms with Crippen LogP contribution in [0.2, 0.25) is 5.15 Å². The molecule has 0 amide bonds. The van der Waals surface area contributed by atoms with Gasteiger partial charge >= 0.3 is 0 Å². The van der Waals surface area contributed by atoms with Gasteiger partial charge in [-0.3, -0.25) is 0 Å². The molecule has 15 heavy (non-hydrogen) atoms. The van der Waals surface area contributed by atoms with Crippen LogP contribution >= 0.6 is 11.6 Å². The standard InChI is InChI=1S/C12H14ClNO/c1-2-7-14-11-6-4-3-5-9(11)10(8-15)12(14)13/h3-6,15H,2,7-8H2,1H3. The normalized spacial score (nSPS) is 11.1. The summed E-state index contributed by atoms with van der Waals surface area (Å²) in [5.41, 5.74) is 1.94. The molecule has 0 fully saturated rings. The fraction of sp³-hybridized carbons (Fsp3) is 0.333. The predicted molar refractivity (Wildman–Crippen MR) is 63.2 cm³/mol. The summed E-state index contributed by atoms with van der Waals surface area (Å²) < 4.78 is 2.06. The Kier molecular flexibility index (Phi) is 2.98. The largest absolute Gasteiger partial charge is 0.392 e. The summed E-state index contributed by atoms with van der Waals surface area (Å²) in [6.45, 7) is 3.00. The second kappa shape index (κ2) is 4.25. The van der Waals surface area contributed by atoms with Crippen molar-refractivity contribution >= 4 is 22.5 Å². The zero-order chi connectivity index (χ0) is 10.8. The molecule has 0 unspecified atom stereocenters. The molecule has 80 valence electrons. The van der Waals surface area contributed by atoms with Crippen molar-refractivity contribution in [1.82, 2.24) is 4.57 Å². The summed E-state index contributed by atoms with van der Waals surface area (Å²) in [5, 5.41) is 11.0. The smallest absolute Gasteiger partial charge is 0.115 e. The number of hydrogen-bond acceptors (Lipinski definition) is 1. The third-order valence-corrected chi connectivity index (χ3v) is 3.04. The van der Waals surface area contributed by atoms with Crippen LogP contribution in [0, 0.1) is 0 Å². The van der Waals surface area contributed by atoms with E-state index in [1.165, 1.54) is 0 Å². The Hall–Kier alpha value is -0.990. The molecule has 0 aliphatic heterocycles. The first-order valence-corrected chi connectivity index (χ1v) is 5.53. The van der Waals surface area contributed by atoms with Crippen LogP contribution in [0.15, 0.2) is 24.3 Å². The number of aliphatic hydroxyl groups excluding tert-OH is 1. The van der Waals surface area contributed by atoms with Crippen LogP contribution in [0.1, 0.15) is 18.9 Å². The number of aryl methyl sites for hydroxylation is 1. The molecule has 0 saturated heterocycles. The zero-order valence-corrected chi connectivity index (χ0v) is 9.46. The zero-order valence-electron chi connectivity index (χ0n) is 8.70. The first-order valence-electron chi connectivity index (χ1n) is 5.16. The number of fused-ring (bicyclic) bond motifs is 1. The van der Waals surface area contributed by atoms with Crippen molar-refractivity contribution in [1.29, 1.82) is 0 Å². The number of hydrogen-bond donors (Lipinski definition) is 1. The van der Waals surface area contributed by atoms with E-state index in [9.17, 15) is 5.11 Å². The summed E-state index contributed by atoms with van der Waals surface area (Å²) in [5.74, 6) is 0. The minimum Gasteiger partial charge on any atom is -0.392 e. The SMILES string of the molecule is CCCn1c(Cl)c(CO)c2ccccc21. The molecule has 1 aromatic carbocycles. The van der Waals surface area contributed by atoms with Gasteiger partial charge < -0.3 is 9.67 Å². The Morgan fingerprint density at radius 3 is 2.73 bits per heavy atom. The topological polar surface area (TPSA) is 25.2 Å². The van der Waals surface area contributed by atoms with Crippen LogP contribution in [0.4, 0.5) is 0 Å². The van der Waals surface area contributed by atoms with Crippen molar-refractivity contribution < 1.29 is 5.11 Å². The maximum Gasteiger partial charge on any atom is 0.115 e. The van der Waals surface area contributed by atoms with E-state index in [4.69, 9.17) is 11.6 Å². The monoisotopic (exact) mass is 223 g/mol. The predicted octanol–water partition coefficient (Wildman–Crippen LogP) is 3.20. The van der Waals surface area contributed by atoms with Gasteiger partial charge in [0.25, 0.3) is 0 Å². The van der Waals surface area contributed by atoms with Crippen LogP contribution in [-0.2, 0) is 13.2 Å². The lowest BCUT2D eigenvalue weighted by Crippen LogP contribution is -1.96. The fourth-order valence-electron chi connectivity index (χ4n) is 1.94. The van der Waals surface area contributed by atoms with Gasteiger partial charge in [-0.05, 0) is 12.5 Å². The maximum absolute atomic E-state index is 9.30. The van der Waals surface area contributed by atoms with E-state index in [1.807, 2.05) is 24.3 Å². The molecule has 0 radical (unpaired) electrons. The van der Waals surface area contributed by atoms with Crippen LogP contribution < -0.4 is 0 Å².